The molecule has 0 atom stereocenters. The first kappa shape index (κ1) is 14.1. The number of aromatic nitrogens is 2. The molecule has 0 saturated heterocycles. The lowest BCUT2D eigenvalue weighted by Gasteiger charge is -2.10. The summed E-state index contributed by atoms with van der Waals surface area (Å²) >= 11 is 1.49. The van der Waals surface area contributed by atoms with Crippen molar-refractivity contribution in [3.8, 4) is 0 Å². The molecule has 0 aromatic carbocycles. The smallest absolute Gasteiger partial charge is 0.125 e. The quantitative estimate of drug-likeness (QED) is 0.674. The van der Waals surface area contributed by atoms with Crippen LogP contribution in [0.5, 0.6) is 0 Å². The van der Waals surface area contributed by atoms with Crippen molar-refractivity contribution in [2.45, 2.75) is 43.2 Å². The van der Waals surface area contributed by atoms with Crippen molar-refractivity contribution in [1.82, 2.24) is 9.97 Å². The lowest BCUT2D eigenvalue weighted by Crippen LogP contribution is -2.14. The summed E-state index contributed by atoms with van der Waals surface area (Å²) in [5, 5.41) is 9.49. The Kier molecular flexibility index (Phi) is 3.68. The molecule has 2 aromatic rings. The van der Waals surface area contributed by atoms with E-state index in [9.17, 15) is 0 Å². The third kappa shape index (κ3) is 2.93. The van der Waals surface area contributed by atoms with Crippen molar-refractivity contribution in [3.63, 3.8) is 0 Å². The van der Waals surface area contributed by atoms with Crippen LogP contribution in [0.3, 0.4) is 0 Å². The number of aryl methyl sites for hydroxylation is 4. The van der Waals surface area contributed by atoms with Gasteiger partial charge in [-0.3, -0.25) is 5.41 Å². The van der Waals surface area contributed by atoms with E-state index in [1.54, 1.807) is 0 Å². The molecule has 1 aliphatic carbocycles. The summed E-state index contributed by atoms with van der Waals surface area (Å²) < 4.78 is 0. The molecule has 0 spiro atoms. The standard InChI is InChI=1S/C16H18N4S/c1-9-6-10(2)19-14(7-9)21-16-12(15(17)18)8-11-4-3-5-13(11)20-16/h6-8H,3-5H2,1-2H3,(H3,17,18). The predicted molar refractivity (Wildman–Crippen MR) is 85.1 cm³/mol. The van der Waals surface area contributed by atoms with E-state index >= 15 is 0 Å². The van der Waals surface area contributed by atoms with Gasteiger partial charge in [0.05, 0.1) is 0 Å². The Bertz CT molecular complexity index is 704. The number of nitrogen functional groups attached to an aromatic ring is 1. The van der Waals surface area contributed by atoms with Crippen molar-refractivity contribution in [1.29, 1.82) is 5.41 Å². The van der Waals surface area contributed by atoms with Crippen LogP contribution in [0.1, 0.15) is 34.5 Å². The van der Waals surface area contributed by atoms with Crippen LogP contribution < -0.4 is 5.73 Å². The first-order chi connectivity index (χ1) is 10.0. The molecule has 0 saturated carbocycles. The average molecular weight is 298 g/mol. The highest BCUT2D eigenvalue weighted by Crippen LogP contribution is 2.32. The SMILES string of the molecule is Cc1cc(C)nc(Sc2nc3c(cc2C(=N)N)CCC3)c1. The molecule has 0 radical (unpaired) electrons. The van der Waals surface area contributed by atoms with Crippen LogP contribution in [0.4, 0.5) is 0 Å². The van der Waals surface area contributed by atoms with Gasteiger partial charge in [0.1, 0.15) is 15.9 Å². The lowest BCUT2D eigenvalue weighted by atomic mass is 10.1. The molecule has 0 aliphatic heterocycles. The van der Waals surface area contributed by atoms with Crippen molar-refractivity contribution in [3.05, 3.63) is 46.3 Å². The number of hydrogen-bond donors (Lipinski definition) is 2. The Morgan fingerprint density at radius 2 is 2.00 bits per heavy atom. The van der Waals surface area contributed by atoms with Crippen molar-refractivity contribution in [2.24, 2.45) is 5.73 Å². The monoisotopic (exact) mass is 298 g/mol. The summed E-state index contributed by atoms with van der Waals surface area (Å²) in [4.78, 5) is 9.27. The molecule has 0 fully saturated rings. The Balaban J connectivity index is 2.03. The fourth-order valence-electron chi connectivity index (χ4n) is 2.68. The van der Waals surface area contributed by atoms with Gasteiger partial charge in [0.2, 0.25) is 0 Å². The summed E-state index contributed by atoms with van der Waals surface area (Å²) in [6.07, 6.45) is 3.19. The minimum Gasteiger partial charge on any atom is -0.384 e. The molecule has 5 heteroatoms. The normalized spacial score (nSPS) is 13.2. The summed E-state index contributed by atoms with van der Waals surface area (Å²) in [7, 11) is 0. The maximum absolute atomic E-state index is 7.79. The Morgan fingerprint density at radius 3 is 2.71 bits per heavy atom. The van der Waals surface area contributed by atoms with E-state index in [0.717, 1.165) is 46.3 Å². The molecular formula is C16H18N4S. The van der Waals surface area contributed by atoms with E-state index in [1.807, 2.05) is 25.1 Å². The second-order valence-corrected chi connectivity index (χ2v) is 6.45. The molecule has 21 heavy (non-hydrogen) atoms. The van der Waals surface area contributed by atoms with Gasteiger partial charge < -0.3 is 5.73 Å². The second-order valence-electron chi connectivity index (χ2n) is 5.44. The maximum Gasteiger partial charge on any atom is 0.125 e. The van der Waals surface area contributed by atoms with Crippen LogP contribution in [-0.2, 0) is 12.8 Å². The van der Waals surface area contributed by atoms with E-state index in [-0.39, 0.29) is 5.84 Å². The van der Waals surface area contributed by atoms with Gasteiger partial charge in [0.25, 0.3) is 0 Å². The molecule has 4 nitrogen and oxygen atoms in total. The van der Waals surface area contributed by atoms with E-state index in [0.29, 0.717) is 0 Å². The van der Waals surface area contributed by atoms with Crippen molar-refractivity contribution >= 4 is 17.6 Å². The Morgan fingerprint density at radius 1 is 1.19 bits per heavy atom. The van der Waals surface area contributed by atoms with Crippen molar-refractivity contribution in [2.75, 3.05) is 0 Å². The molecule has 0 amide bonds. The highest BCUT2D eigenvalue weighted by molar-refractivity contribution is 7.99. The third-order valence-electron chi connectivity index (χ3n) is 3.58. The van der Waals surface area contributed by atoms with E-state index in [4.69, 9.17) is 16.1 Å². The summed E-state index contributed by atoms with van der Waals surface area (Å²) in [6.45, 7) is 4.04. The van der Waals surface area contributed by atoms with Gasteiger partial charge in [-0.2, -0.15) is 0 Å². The number of nitrogens with one attached hydrogen (secondary N) is 1. The third-order valence-corrected chi connectivity index (χ3v) is 4.50. The zero-order valence-electron chi connectivity index (χ0n) is 12.2. The van der Waals surface area contributed by atoms with Gasteiger partial charge in [-0.15, -0.1) is 0 Å². The maximum atomic E-state index is 7.79. The number of amidine groups is 1. The van der Waals surface area contributed by atoms with Crippen LogP contribution in [0.15, 0.2) is 28.3 Å². The number of rotatable bonds is 3. The number of nitrogens with zero attached hydrogens (tertiary/aromatic N) is 2. The van der Waals surface area contributed by atoms with Gasteiger partial charge in [0, 0.05) is 17.0 Å². The van der Waals surface area contributed by atoms with E-state index < -0.39 is 0 Å². The molecule has 1 aliphatic rings. The van der Waals surface area contributed by atoms with E-state index in [2.05, 4.69) is 11.9 Å². The molecule has 3 N–H and O–H groups in total. The fourth-order valence-corrected chi connectivity index (χ4v) is 3.75. The number of nitrogens with two attached hydrogens (primary N) is 1. The topological polar surface area (TPSA) is 75.7 Å². The van der Waals surface area contributed by atoms with Crippen molar-refractivity contribution < 1.29 is 0 Å². The van der Waals surface area contributed by atoms with Gasteiger partial charge in [-0.1, -0.05) is 0 Å². The minimum atomic E-state index is 0.0732. The second kappa shape index (κ2) is 5.48. The lowest BCUT2D eigenvalue weighted by molar-refractivity contribution is 0.890. The molecule has 108 valence electrons. The van der Waals surface area contributed by atoms with Crippen LogP contribution in [-0.4, -0.2) is 15.8 Å². The average Bonchev–Trinajstić information content (AvgIpc) is 2.83. The highest BCUT2D eigenvalue weighted by atomic mass is 32.2. The number of pyridine rings is 2. The predicted octanol–water partition coefficient (Wildman–Crippen LogP) is 3.02. The Labute approximate surface area is 128 Å². The molecule has 3 rings (SSSR count). The van der Waals surface area contributed by atoms with Gasteiger partial charge in [0.15, 0.2) is 0 Å². The fraction of sp³-hybridized carbons (Fsp3) is 0.312. The minimum absolute atomic E-state index is 0.0732. The van der Waals surface area contributed by atoms with Gasteiger partial charge >= 0.3 is 0 Å². The van der Waals surface area contributed by atoms with E-state index in [1.165, 1.54) is 22.9 Å². The van der Waals surface area contributed by atoms with Gasteiger partial charge in [-0.05, 0) is 74.2 Å². The molecule has 2 heterocycles. The summed E-state index contributed by atoms with van der Waals surface area (Å²) in [6, 6.07) is 6.12. The summed E-state index contributed by atoms with van der Waals surface area (Å²) in [5.41, 5.74) is 11.0. The zero-order chi connectivity index (χ0) is 15.0. The largest absolute Gasteiger partial charge is 0.384 e. The molecule has 2 aromatic heterocycles. The summed E-state index contributed by atoms with van der Waals surface area (Å²) in [5.74, 6) is 0.0732. The molecule has 0 unspecified atom stereocenters. The highest BCUT2D eigenvalue weighted by Gasteiger charge is 2.18. The Hall–Kier alpha value is -1.88. The van der Waals surface area contributed by atoms with Crippen LogP contribution in [0.2, 0.25) is 0 Å². The molecular weight excluding hydrogens is 280 g/mol. The van der Waals surface area contributed by atoms with Crippen LogP contribution >= 0.6 is 11.8 Å². The van der Waals surface area contributed by atoms with Crippen LogP contribution in [0, 0.1) is 19.3 Å². The zero-order valence-corrected chi connectivity index (χ0v) is 13.0. The van der Waals surface area contributed by atoms with Gasteiger partial charge in [-0.25, -0.2) is 9.97 Å². The number of fused-ring (bicyclic) bond motifs is 1. The first-order valence-electron chi connectivity index (χ1n) is 7.03. The number of hydrogen-bond acceptors (Lipinski definition) is 4. The van der Waals surface area contributed by atoms with Crippen LogP contribution in [0.25, 0.3) is 0 Å². The first-order valence-corrected chi connectivity index (χ1v) is 7.85. The molecule has 0 bridgehead atoms.